The van der Waals surface area contributed by atoms with Crippen molar-refractivity contribution in [3.63, 3.8) is 0 Å². The minimum Gasteiger partial charge on any atom is -0.329 e. The summed E-state index contributed by atoms with van der Waals surface area (Å²) in [4.78, 5) is 2.66. The molecule has 2 atom stereocenters. The van der Waals surface area contributed by atoms with Gasteiger partial charge in [-0.2, -0.15) is 0 Å². The SMILES string of the molecule is CCCC1CCN(C(CN)C(C)CCC)CC1. The largest absolute Gasteiger partial charge is 0.329 e. The summed E-state index contributed by atoms with van der Waals surface area (Å²) in [6, 6.07) is 0.623. The van der Waals surface area contributed by atoms with Crippen LogP contribution < -0.4 is 5.73 Å². The Labute approximate surface area is 108 Å². The molecule has 0 saturated carbocycles. The Morgan fingerprint density at radius 1 is 1.18 bits per heavy atom. The van der Waals surface area contributed by atoms with Crippen molar-refractivity contribution in [3.8, 4) is 0 Å². The highest BCUT2D eigenvalue weighted by Gasteiger charge is 2.26. The maximum absolute atomic E-state index is 5.99. The van der Waals surface area contributed by atoms with Gasteiger partial charge in [0.25, 0.3) is 0 Å². The molecule has 17 heavy (non-hydrogen) atoms. The average molecular weight is 240 g/mol. The van der Waals surface area contributed by atoms with Gasteiger partial charge in [-0.1, -0.05) is 40.0 Å². The zero-order valence-electron chi connectivity index (χ0n) is 12.1. The summed E-state index contributed by atoms with van der Waals surface area (Å²) in [5.74, 6) is 1.74. The van der Waals surface area contributed by atoms with Gasteiger partial charge >= 0.3 is 0 Å². The van der Waals surface area contributed by atoms with E-state index in [9.17, 15) is 0 Å². The van der Waals surface area contributed by atoms with Gasteiger partial charge in [0, 0.05) is 12.6 Å². The number of hydrogen-bond donors (Lipinski definition) is 1. The normalized spacial score (nSPS) is 22.6. The molecule has 0 spiro atoms. The molecule has 0 aromatic carbocycles. The Morgan fingerprint density at radius 3 is 2.29 bits per heavy atom. The number of rotatable bonds is 7. The second-order valence-corrected chi connectivity index (χ2v) is 5.84. The molecule has 0 aromatic heterocycles. The van der Waals surface area contributed by atoms with Crippen LogP contribution in [0.3, 0.4) is 0 Å². The average Bonchev–Trinajstić information content (AvgIpc) is 2.33. The lowest BCUT2D eigenvalue weighted by Crippen LogP contribution is -2.48. The molecule has 1 aliphatic rings. The van der Waals surface area contributed by atoms with Crippen molar-refractivity contribution in [2.24, 2.45) is 17.6 Å². The highest BCUT2D eigenvalue weighted by molar-refractivity contribution is 4.82. The maximum Gasteiger partial charge on any atom is 0.0243 e. The van der Waals surface area contributed by atoms with Crippen LogP contribution in [0.1, 0.15) is 59.3 Å². The Bertz CT molecular complexity index is 185. The second-order valence-electron chi connectivity index (χ2n) is 5.84. The third-order valence-electron chi connectivity index (χ3n) is 4.46. The number of piperidine rings is 1. The number of likely N-dealkylation sites (tertiary alicyclic amines) is 1. The molecule has 2 nitrogen and oxygen atoms in total. The van der Waals surface area contributed by atoms with Crippen molar-refractivity contribution in [1.82, 2.24) is 4.90 Å². The summed E-state index contributed by atoms with van der Waals surface area (Å²) >= 11 is 0. The lowest BCUT2D eigenvalue weighted by Gasteiger charge is -2.40. The first-order chi connectivity index (χ1) is 8.22. The molecule has 0 aromatic rings. The molecule has 2 heteroatoms. The van der Waals surface area contributed by atoms with Gasteiger partial charge < -0.3 is 5.73 Å². The molecule has 102 valence electrons. The van der Waals surface area contributed by atoms with Crippen molar-refractivity contribution < 1.29 is 0 Å². The predicted molar refractivity (Wildman–Crippen MR) is 76.1 cm³/mol. The number of nitrogens with zero attached hydrogens (tertiary/aromatic N) is 1. The van der Waals surface area contributed by atoms with Crippen LogP contribution >= 0.6 is 0 Å². The molecule has 1 rings (SSSR count). The van der Waals surface area contributed by atoms with Gasteiger partial charge in [0.1, 0.15) is 0 Å². The van der Waals surface area contributed by atoms with Crippen LogP contribution in [0.4, 0.5) is 0 Å². The quantitative estimate of drug-likeness (QED) is 0.740. The van der Waals surface area contributed by atoms with Crippen LogP contribution in [0.15, 0.2) is 0 Å². The van der Waals surface area contributed by atoms with Gasteiger partial charge in [0.05, 0.1) is 0 Å². The smallest absolute Gasteiger partial charge is 0.0243 e. The van der Waals surface area contributed by atoms with Gasteiger partial charge in [-0.25, -0.2) is 0 Å². The van der Waals surface area contributed by atoms with Crippen LogP contribution in [0.2, 0.25) is 0 Å². The topological polar surface area (TPSA) is 29.3 Å². The van der Waals surface area contributed by atoms with Crippen LogP contribution in [0.5, 0.6) is 0 Å². The molecule has 1 fully saturated rings. The van der Waals surface area contributed by atoms with Gasteiger partial charge in [0.15, 0.2) is 0 Å². The van der Waals surface area contributed by atoms with E-state index in [1.54, 1.807) is 0 Å². The maximum atomic E-state index is 5.99. The number of hydrogen-bond acceptors (Lipinski definition) is 2. The highest BCUT2D eigenvalue weighted by Crippen LogP contribution is 2.25. The third-order valence-corrected chi connectivity index (χ3v) is 4.46. The van der Waals surface area contributed by atoms with E-state index in [4.69, 9.17) is 5.73 Å². The molecule has 0 bridgehead atoms. The van der Waals surface area contributed by atoms with Crippen molar-refractivity contribution in [1.29, 1.82) is 0 Å². The Balaban J connectivity index is 2.39. The van der Waals surface area contributed by atoms with E-state index in [0.717, 1.165) is 18.4 Å². The molecule has 2 unspecified atom stereocenters. The standard InChI is InChI=1S/C15H32N2/c1-4-6-13(3)15(12-16)17-10-8-14(7-5-2)9-11-17/h13-15H,4-12,16H2,1-3H3. The fourth-order valence-corrected chi connectivity index (χ4v) is 3.37. The summed E-state index contributed by atoms with van der Waals surface area (Å²) in [5.41, 5.74) is 5.99. The van der Waals surface area contributed by atoms with Crippen LogP contribution in [0, 0.1) is 11.8 Å². The minimum absolute atomic E-state index is 0.623. The summed E-state index contributed by atoms with van der Waals surface area (Å²) in [5, 5.41) is 0. The van der Waals surface area contributed by atoms with Gasteiger partial charge in [-0.05, 0) is 44.2 Å². The van der Waals surface area contributed by atoms with E-state index >= 15 is 0 Å². The van der Waals surface area contributed by atoms with E-state index in [2.05, 4.69) is 25.7 Å². The van der Waals surface area contributed by atoms with Gasteiger partial charge in [-0.15, -0.1) is 0 Å². The van der Waals surface area contributed by atoms with E-state index in [0.29, 0.717) is 6.04 Å². The fraction of sp³-hybridized carbons (Fsp3) is 1.00. The first-order valence-corrected chi connectivity index (χ1v) is 7.67. The lowest BCUT2D eigenvalue weighted by atomic mass is 9.89. The lowest BCUT2D eigenvalue weighted by molar-refractivity contribution is 0.0977. The highest BCUT2D eigenvalue weighted by atomic mass is 15.2. The van der Waals surface area contributed by atoms with Crippen LogP contribution in [-0.4, -0.2) is 30.6 Å². The Kier molecular flexibility index (Phi) is 7.14. The summed E-state index contributed by atoms with van der Waals surface area (Å²) in [7, 11) is 0. The van der Waals surface area contributed by atoms with Gasteiger partial charge in [0.2, 0.25) is 0 Å². The molecule has 0 amide bonds. The molecule has 1 saturated heterocycles. The first kappa shape index (κ1) is 15.0. The summed E-state index contributed by atoms with van der Waals surface area (Å²) in [6.45, 7) is 10.3. The van der Waals surface area contributed by atoms with E-state index in [1.807, 2.05) is 0 Å². The van der Waals surface area contributed by atoms with E-state index < -0.39 is 0 Å². The van der Waals surface area contributed by atoms with Crippen molar-refractivity contribution >= 4 is 0 Å². The summed E-state index contributed by atoms with van der Waals surface area (Å²) in [6.07, 6.45) is 8.15. The van der Waals surface area contributed by atoms with Gasteiger partial charge in [-0.3, -0.25) is 4.90 Å². The second kappa shape index (κ2) is 8.10. The number of nitrogens with two attached hydrogens (primary N) is 1. The third kappa shape index (κ3) is 4.59. The summed E-state index contributed by atoms with van der Waals surface area (Å²) < 4.78 is 0. The minimum atomic E-state index is 0.623. The van der Waals surface area contributed by atoms with Crippen LogP contribution in [0.25, 0.3) is 0 Å². The molecule has 2 N–H and O–H groups in total. The Morgan fingerprint density at radius 2 is 1.82 bits per heavy atom. The zero-order valence-corrected chi connectivity index (χ0v) is 12.1. The van der Waals surface area contributed by atoms with E-state index in [-0.39, 0.29) is 0 Å². The molecular formula is C15H32N2. The fourth-order valence-electron chi connectivity index (χ4n) is 3.37. The molecule has 0 radical (unpaired) electrons. The predicted octanol–water partition coefficient (Wildman–Crippen LogP) is 3.26. The molecule has 0 aliphatic carbocycles. The Hall–Kier alpha value is -0.0800. The van der Waals surface area contributed by atoms with Crippen molar-refractivity contribution in [2.45, 2.75) is 65.3 Å². The molecule has 1 heterocycles. The van der Waals surface area contributed by atoms with Crippen LogP contribution in [-0.2, 0) is 0 Å². The van der Waals surface area contributed by atoms with Crippen molar-refractivity contribution in [2.75, 3.05) is 19.6 Å². The molecular weight excluding hydrogens is 208 g/mol. The first-order valence-electron chi connectivity index (χ1n) is 7.67. The monoisotopic (exact) mass is 240 g/mol. The zero-order chi connectivity index (χ0) is 12.7. The van der Waals surface area contributed by atoms with Crippen molar-refractivity contribution in [3.05, 3.63) is 0 Å². The molecule has 1 aliphatic heterocycles. The van der Waals surface area contributed by atoms with E-state index in [1.165, 1.54) is 51.6 Å².